The van der Waals surface area contributed by atoms with E-state index in [-0.39, 0.29) is 25.7 Å². The summed E-state index contributed by atoms with van der Waals surface area (Å²) in [4.78, 5) is 49.8. The number of rotatable bonds is 11. The molecule has 2 aromatic carbocycles. The highest BCUT2D eigenvalue weighted by Gasteiger charge is 2.45. The number of carboxylic acid groups (broad SMARTS) is 1. The van der Waals surface area contributed by atoms with Crippen LogP contribution < -0.4 is 19.5 Å². The fraction of sp³-hybridized carbons (Fsp3) is 0.474. The Hall–Kier alpha value is -4.30. The number of ether oxygens (including phenoxy) is 4. The van der Waals surface area contributed by atoms with E-state index in [1.54, 1.807) is 24.4 Å². The number of hydrogen-bond acceptors (Lipinski definition) is 9. The van der Waals surface area contributed by atoms with Crippen molar-refractivity contribution in [2.75, 3.05) is 73.8 Å². The van der Waals surface area contributed by atoms with E-state index < -0.39 is 29.0 Å². The smallest absolute Gasteiger partial charge is 0.328 e. The van der Waals surface area contributed by atoms with Gasteiger partial charge in [-0.05, 0) is 74.2 Å². The summed E-state index contributed by atoms with van der Waals surface area (Å²) in [5, 5.41) is 13.9. The summed E-state index contributed by atoms with van der Waals surface area (Å²) >= 11 is 12.9. The molecule has 0 bridgehead atoms. The molecule has 15 heteroatoms. The van der Waals surface area contributed by atoms with E-state index in [1.807, 2.05) is 35.2 Å². The normalized spacial score (nSPS) is 21.6. The Morgan fingerprint density at radius 2 is 1.68 bits per heavy atom. The van der Waals surface area contributed by atoms with Gasteiger partial charge in [0.1, 0.15) is 0 Å². The van der Waals surface area contributed by atoms with Crippen LogP contribution in [0, 0.1) is 0 Å². The SMILES string of the molecule is COc1cc(C(=O)N2CCC(CCN3CCC(NC(=O)N4CCOCC4C(=O)O)(c4ccccn4)CC3)(c3ccc(Cl)c(Cl)c3)C2)cc(OC)c1OC. The Morgan fingerprint density at radius 1 is 0.943 bits per heavy atom. The van der Waals surface area contributed by atoms with Gasteiger partial charge in [-0.1, -0.05) is 35.3 Å². The zero-order valence-corrected chi connectivity index (χ0v) is 31.6. The van der Waals surface area contributed by atoms with Gasteiger partial charge in [-0.3, -0.25) is 9.78 Å². The predicted molar refractivity (Wildman–Crippen MR) is 198 cm³/mol. The number of piperidine rings is 1. The van der Waals surface area contributed by atoms with Crippen molar-refractivity contribution in [1.29, 1.82) is 0 Å². The number of carbonyl (C=O) groups excluding carboxylic acids is 2. The number of morpholine rings is 1. The number of urea groups is 1. The third-order valence-electron chi connectivity index (χ3n) is 10.9. The van der Waals surface area contributed by atoms with Crippen LogP contribution in [0.3, 0.4) is 0 Å². The van der Waals surface area contributed by atoms with Gasteiger partial charge in [0.05, 0.1) is 55.8 Å². The zero-order valence-electron chi connectivity index (χ0n) is 30.1. The number of halogens is 2. The molecule has 2 N–H and O–H groups in total. The third kappa shape index (κ3) is 7.98. The number of aliphatic carboxylic acids is 1. The minimum Gasteiger partial charge on any atom is -0.493 e. The summed E-state index contributed by atoms with van der Waals surface area (Å²) in [6, 6.07) is 13.2. The second-order valence-electron chi connectivity index (χ2n) is 13.7. The van der Waals surface area contributed by atoms with Crippen LogP contribution in [0.25, 0.3) is 0 Å². The summed E-state index contributed by atoms with van der Waals surface area (Å²) < 4.78 is 21.8. The average molecular weight is 771 g/mol. The lowest BCUT2D eigenvalue weighted by Crippen LogP contribution is -2.61. The van der Waals surface area contributed by atoms with Gasteiger partial charge >= 0.3 is 12.0 Å². The van der Waals surface area contributed by atoms with Gasteiger partial charge in [-0.2, -0.15) is 0 Å². The first-order valence-corrected chi connectivity index (χ1v) is 18.4. The number of carboxylic acids is 1. The van der Waals surface area contributed by atoms with E-state index in [9.17, 15) is 19.5 Å². The number of pyridine rings is 1. The number of aromatic nitrogens is 1. The van der Waals surface area contributed by atoms with Crippen LogP contribution in [0.4, 0.5) is 4.79 Å². The van der Waals surface area contributed by atoms with Gasteiger partial charge in [0.15, 0.2) is 17.5 Å². The summed E-state index contributed by atoms with van der Waals surface area (Å²) in [5.41, 5.74) is 0.987. The van der Waals surface area contributed by atoms with Crippen molar-refractivity contribution in [3.63, 3.8) is 0 Å². The Kier molecular flexibility index (Phi) is 11.9. The maximum atomic E-state index is 14.0. The number of nitrogens with one attached hydrogen (secondary N) is 1. The molecular weight excluding hydrogens is 725 g/mol. The molecule has 53 heavy (non-hydrogen) atoms. The van der Waals surface area contributed by atoms with Gasteiger partial charge < -0.3 is 44.1 Å². The monoisotopic (exact) mass is 769 g/mol. The number of methoxy groups -OCH3 is 3. The van der Waals surface area contributed by atoms with Crippen LogP contribution >= 0.6 is 23.2 Å². The van der Waals surface area contributed by atoms with Crippen molar-refractivity contribution < 1.29 is 38.4 Å². The minimum atomic E-state index is -1.10. The van der Waals surface area contributed by atoms with Gasteiger partial charge in [-0.25, -0.2) is 9.59 Å². The van der Waals surface area contributed by atoms with E-state index in [0.29, 0.717) is 78.3 Å². The second kappa shape index (κ2) is 16.4. The van der Waals surface area contributed by atoms with Crippen LogP contribution in [0.5, 0.6) is 17.2 Å². The molecule has 3 amide bonds. The average Bonchev–Trinajstić information content (AvgIpc) is 3.63. The molecule has 0 radical (unpaired) electrons. The number of carbonyl (C=O) groups is 3. The van der Waals surface area contributed by atoms with Gasteiger partial charge in [-0.15, -0.1) is 0 Å². The van der Waals surface area contributed by atoms with Gasteiger partial charge in [0, 0.05) is 49.9 Å². The second-order valence-corrected chi connectivity index (χ2v) is 14.6. The quantitative estimate of drug-likeness (QED) is 0.271. The number of nitrogens with zero attached hydrogens (tertiary/aromatic N) is 4. The lowest BCUT2D eigenvalue weighted by atomic mass is 9.76. The molecule has 3 aliphatic rings. The molecule has 2 unspecified atom stereocenters. The molecule has 1 aromatic heterocycles. The number of likely N-dealkylation sites (tertiary alicyclic amines) is 2. The molecule has 3 aliphatic heterocycles. The minimum absolute atomic E-state index is 0.0563. The largest absolute Gasteiger partial charge is 0.493 e. The molecule has 284 valence electrons. The summed E-state index contributed by atoms with van der Waals surface area (Å²) in [6.45, 7) is 3.44. The Balaban J connectivity index is 1.20. The number of amides is 3. The highest BCUT2D eigenvalue weighted by molar-refractivity contribution is 6.42. The number of benzene rings is 2. The maximum Gasteiger partial charge on any atom is 0.328 e. The Labute approximate surface area is 319 Å². The summed E-state index contributed by atoms with van der Waals surface area (Å²) in [5.74, 6) is -0.0323. The Morgan fingerprint density at radius 3 is 2.30 bits per heavy atom. The lowest BCUT2D eigenvalue weighted by molar-refractivity contribution is -0.147. The van der Waals surface area contributed by atoms with E-state index in [1.165, 1.54) is 26.2 Å². The van der Waals surface area contributed by atoms with Gasteiger partial charge in [0.25, 0.3) is 5.91 Å². The molecule has 0 aliphatic carbocycles. The topological polar surface area (TPSA) is 143 Å². The van der Waals surface area contributed by atoms with Crippen molar-refractivity contribution in [3.8, 4) is 17.2 Å². The molecule has 2 atom stereocenters. The first kappa shape index (κ1) is 38.4. The standard InChI is InChI=1S/C38H45Cl2N5O8/c1-50-30-20-25(21-31(51-2)33(30)52-3)34(46)44-17-10-37(24-44,26-7-8-27(39)28(40)22-26)9-14-43-15-11-38(12-16-43,32-6-4-5-13-41-32)42-36(49)45-18-19-53-23-29(45)35(47)48/h4-8,13,20-22,29H,9-12,14-19,23-24H2,1-3H3,(H,42,49)(H,47,48). The molecule has 13 nitrogen and oxygen atoms in total. The van der Waals surface area contributed by atoms with Crippen molar-refractivity contribution >= 4 is 41.1 Å². The first-order valence-electron chi connectivity index (χ1n) is 17.6. The third-order valence-corrected chi connectivity index (χ3v) is 11.6. The molecular formula is C38H45Cl2N5O8. The fourth-order valence-electron chi connectivity index (χ4n) is 7.79. The van der Waals surface area contributed by atoms with E-state index >= 15 is 0 Å². The van der Waals surface area contributed by atoms with Crippen molar-refractivity contribution in [1.82, 2.24) is 25.0 Å². The van der Waals surface area contributed by atoms with Crippen LogP contribution in [-0.2, 0) is 20.5 Å². The lowest BCUT2D eigenvalue weighted by Gasteiger charge is -2.44. The maximum absolute atomic E-state index is 14.0. The van der Waals surface area contributed by atoms with Crippen molar-refractivity contribution in [2.24, 2.45) is 0 Å². The van der Waals surface area contributed by atoms with Crippen LogP contribution in [-0.4, -0.2) is 123 Å². The zero-order chi connectivity index (χ0) is 37.8. The van der Waals surface area contributed by atoms with Crippen molar-refractivity contribution in [2.45, 2.75) is 42.7 Å². The first-order chi connectivity index (χ1) is 25.5. The van der Waals surface area contributed by atoms with E-state index in [2.05, 4.69) is 15.2 Å². The van der Waals surface area contributed by atoms with Crippen LogP contribution in [0.15, 0.2) is 54.7 Å². The Bertz CT molecular complexity index is 1780. The molecule has 0 saturated carbocycles. The highest BCUT2D eigenvalue weighted by Crippen LogP contribution is 2.43. The molecule has 4 heterocycles. The molecule has 6 rings (SSSR count). The predicted octanol–water partition coefficient (Wildman–Crippen LogP) is 5.07. The summed E-state index contributed by atoms with van der Waals surface area (Å²) in [6.07, 6.45) is 4.30. The van der Waals surface area contributed by atoms with E-state index in [4.69, 9.17) is 42.1 Å². The fourth-order valence-corrected chi connectivity index (χ4v) is 8.09. The van der Waals surface area contributed by atoms with Crippen LogP contribution in [0.1, 0.15) is 47.3 Å². The number of hydrogen-bond donors (Lipinski definition) is 2. The molecule has 3 fully saturated rings. The molecule has 3 saturated heterocycles. The molecule has 3 aromatic rings. The van der Waals surface area contributed by atoms with Crippen molar-refractivity contribution in [3.05, 3.63) is 81.6 Å². The van der Waals surface area contributed by atoms with Crippen LogP contribution in [0.2, 0.25) is 10.0 Å². The summed E-state index contributed by atoms with van der Waals surface area (Å²) in [7, 11) is 4.56. The van der Waals surface area contributed by atoms with E-state index in [0.717, 1.165) is 24.2 Å². The molecule has 0 spiro atoms. The van der Waals surface area contributed by atoms with Gasteiger partial charge in [0.2, 0.25) is 5.75 Å². The highest BCUT2D eigenvalue weighted by atomic mass is 35.5.